The average Bonchev–Trinajstić information content (AvgIpc) is 3.33. The Kier molecular flexibility index (Phi) is 3.97. The van der Waals surface area contributed by atoms with Crippen molar-refractivity contribution in [3.05, 3.63) is 46.4 Å². The molecule has 1 heterocycles. The summed E-state index contributed by atoms with van der Waals surface area (Å²) in [5.41, 5.74) is 2.03. The highest BCUT2D eigenvalue weighted by Crippen LogP contribution is 2.39. The highest BCUT2D eigenvalue weighted by Gasteiger charge is 2.27. The second-order valence-electron chi connectivity index (χ2n) is 5.33. The number of ether oxygens (including phenoxy) is 1. The lowest BCUT2D eigenvalue weighted by Gasteiger charge is -2.12. The molecular weight excluding hydrogens is 286 g/mol. The topological polar surface area (TPSA) is 47.0 Å². The van der Waals surface area contributed by atoms with E-state index in [2.05, 4.69) is 21.4 Å². The molecule has 21 heavy (non-hydrogen) atoms. The number of nitrogens with zero attached hydrogens (tertiary/aromatic N) is 2. The zero-order valence-electron chi connectivity index (χ0n) is 12.2. The molecule has 0 aliphatic heterocycles. The van der Waals surface area contributed by atoms with Gasteiger partial charge in [-0.3, -0.25) is 0 Å². The summed E-state index contributed by atoms with van der Waals surface area (Å²) in [7, 11) is 1.67. The van der Waals surface area contributed by atoms with Crippen molar-refractivity contribution in [2.24, 2.45) is 0 Å². The number of hydrogen-bond acceptors (Lipinski definition) is 4. The van der Waals surface area contributed by atoms with E-state index in [4.69, 9.17) is 16.3 Å². The third kappa shape index (κ3) is 3.27. The van der Waals surface area contributed by atoms with Crippen molar-refractivity contribution in [1.82, 2.24) is 9.97 Å². The molecule has 4 nitrogen and oxygen atoms in total. The Morgan fingerprint density at radius 1 is 1.33 bits per heavy atom. The first-order valence-electron chi connectivity index (χ1n) is 7.08. The van der Waals surface area contributed by atoms with Gasteiger partial charge in [-0.05, 0) is 37.5 Å². The summed E-state index contributed by atoms with van der Waals surface area (Å²) in [5.74, 6) is 3.02. The molecular formula is C16H18ClN3O. The van der Waals surface area contributed by atoms with Crippen molar-refractivity contribution < 1.29 is 4.74 Å². The summed E-state index contributed by atoms with van der Waals surface area (Å²) in [6.07, 6.45) is 2.32. The van der Waals surface area contributed by atoms with Crippen LogP contribution in [0.2, 0.25) is 5.15 Å². The van der Waals surface area contributed by atoms with Gasteiger partial charge in [0.05, 0.1) is 7.11 Å². The average molecular weight is 304 g/mol. The molecule has 2 aromatic rings. The number of nitrogens with one attached hydrogen (secondary N) is 1. The predicted octanol–water partition coefficient (Wildman–Crippen LogP) is 3.94. The number of aromatic nitrogens is 2. The van der Waals surface area contributed by atoms with Crippen LogP contribution in [0.4, 0.5) is 5.82 Å². The van der Waals surface area contributed by atoms with Gasteiger partial charge < -0.3 is 10.1 Å². The van der Waals surface area contributed by atoms with E-state index in [9.17, 15) is 0 Å². The van der Waals surface area contributed by atoms with Crippen molar-refractivity contribution in [3.63, 3.8) is 0 Å². The molecule has 1 aliphatic rings. The minimum absolute atomic E-state index is 0.487. The van der Waals surface area contributed by atoms with Crippen LogP contribution in [0.1, 0.15) is 35.7 Å². The molecule has 3 rings (SSSR count). The molecule has 1 aromatic heterocycles. The highest BCUT2D eigenvalue weighted by atomic mass is 35.5. The van der Waals surface area contributed by atoms with Crippen LogP contribution in [0.15, 0.2) is 24.3 Å². The molecule has 1 aliphatic carbocycles. The van der Waals surface area contributed by atoms with E-state index in [-0.39, 0.29) is 0 Å². The van der Waals surface area contributed by atoms with Crippen LogP contribution < -0.4 is 10.1 Å². The van der Waals surface area contributed by atoms with Crippen LogP contribution in [0.3, 0.4) is 0 Å². The molecule has 0 bridgehead atoms. The zero-order chi connectivity index (χ0) is 14.8. The van der Waals surface area contributed by atoms with Gasteiger partial charge in [-0.15, -0.1) is 0 Å². The van der Waals surface area contributed by atoms with E-state index in [0.717, 1.165) is 41.4 Å². The van der Waals surface area contributed by atoms with Crippen LogP contribution in [0.25, 0.3) is 0 Å². The van der Waals surface area contributed by atoms with Crippen LogP contribution in [-0.4, -0.2) is 17.1 Å². The van der Waals surface area contributed by atoms with Crippen LogP contribution in [-0.2, 0) is 6.54 Å². The highest BCUT2D eigenvalue weighted by molar-refractivity contribution is 6.30. The van der Waals surface area contributed by atoms with Gasteiger partial charge in [0.15, 0.2) is 0 Å². The normalized spacial score (nSPS) is 14.0. The number of benzene rings is 1. The Bertz CT molecular complexity index is 656. The van der Waals surface area contributed by atoms with E-state index in [0.29, 0.717) is 17.6 Å². The molecule has 1 N–H and O–H groups in total. The van der Waals surface area contributed by atoms with Crippen molar-refractivity contribution in [3.8, 4) is 5.75 Å². The fraction of sp³-hybridized carbons (Fsp3) is 0.375. The lowest BCUT2D eigenvalue weighted by molar-refractivity contribution is 0.414. The summed E-state index contributed by atoms with van der Waals surface area (Å²) in [6.45, 7) is 2.61. The second-order valence-corrected chi connectivity index (χ2v) is 5.68. The lowest BCUT2D eigenvalue weighted by Crippen LogP contribution is -2.07. The quantitative estimate of drug-likeness (QED) is 0.850. The van der Waals surface area contributed by atoms with Gasteiger partial charge in [0.25, 0.3) is 0 Å². The Hall–Kier alpha value is -1.81. The van der Waals surface area contributed by atoms with Crippen molar-refractivity contribution in [2.45, 2.75) is 32.2 Å². The SMILES string of the molecule is COc1cccc(CNc2nc(C3CC3)nc(Cl)c2C)c1. The van der Waals surface area contributed by atoms with Crippen molar-refractivity contribution in [1.29, 1.82) is 0 Å². The minimum atomic E-state index is 0.487. The Morgan fingerprint density at radius 3 is 2.86 bits per heavy atom. The van der Waals surface area contributed by atoms with E-state index < -0.39 is 0 Å². The number of anilines is 1. The molecule has 0 atom stereocenters. The number of rotatable bonds is 5. The molecule has 0 amide bonds. The third-order valence-corrected chi connectivity index (χ3v) is 4.01. The molecule has 1 saturated carbocycles. The fourth-order valence-electron chi connectivity index (χ4n) is 2.17. The summed E-state index contributed by atoms with van der Waals surface area (Å²) in [4.78, 5) is 8.99. The molecule has 5 heteroatoms. The van der Waals surface area contributed by atoms with Gasteiger partial charge in [0.2, 0.25) is 0 Å². The van der Waals surface area contributed by atoms with Gasteiger partial charge in [0, 0.05) is 18.0 Å². The van der Waals surface area contributed by atoms with Gasteiger partial charge in [-0.25, -0.2) is 9.97 Å². The summed E-state index contributed by atoms with van der Waals surface area (Å²) >= 11 is 6.21. The molecule has 110 valence electrons. The fourth-order valence-corrected chi connectivity index (χ4v) is 2.35. The van der Waals surface area contributed by atoms with E-state index in [1.807, 2.05) is 25.1 Å². The molecule has 1 aromatic carbocycles. The predicted molar refractivity (Wildman–Crippen MR) is 84.1 cm³/mol. The maximum Gasteiger partial charge on any atom is 0.137 e. The number of methoxy groups -OCH3 is 1. The summed E-state index contributed by atoms with van der Waals surface area (Å²) < 4.78 is 5.23. The standard InChI is InChI=1S/C16H18ClN3O/c1-10-14(17)19-16(12-6-7-12)20-15(10)18-9-11-4-3-5-13(8-11)21-2/h3-5,8,12H,6-7,9H2,1-2H3,(H,18,19,20). The molecule has 0 unspecified atom stereocenters. The van der Waals surface area contributed by atoms with Crippen LogP contribution in [0, 0.1) is 6.92 Å². The first kappa shape index (κ1) is 14.1. The van der Waals surface area contributed by atoms with E-state index in [1.165, 1.54) is 0 Å². The number of halogens is 1. The Balaban J connectivity index is 1.77. The lowest BCUT2D eigenvalue weighted by atomic mass is 10.2. The monoisotopic (exact) mass is 303 g/mol. The second kappa shape index (κ2) is 5.90. The van der Waals surface area contributed by atoms with Crippen LogP contribution in [0.5, 0.6) is 5.75 Å². The maximum atomic E-state index is 6.21. The maximum absolute atomic E-state index is 6.21. The number of hydrogen-bond donors (Lipinski definition) is 1. The van der Waals surface area contributed by atoms with Crippen molar-refractivity contribution in [2.75, 3.05) is 12.4 Å². The zero-order valence-corrected chi connectivity index (χ0v) is 12.9. The van der Waals surface area contributed by atoms with Gasteiger partial charge >= 0.3 is 0 Å². The Labute approximate surface area is 129 Å². The summed E-state index contributed by atoms with van der Waals surface area (Å²) in [6, 6.07) is 7.97. The largest absolute Gasteiger partial charge is 0.497 e. The minimum Gasteiger partial charge on any atom is -0.497 e. The smallest absolute Gasteiger partial charge is 0.137 e. The molecule has 0 spiro atoms. The third-order valence-electron chi connectivity index (χ3n) is 3.64. The van der Waals surface area contributed by atoms with Crippen LogP contribution >= 0.6 is 11.6 Å². The Morgan fingerprint density at radius 2 is 2.14 bits per heavy atom. The van der Waals surface area contributed by atoms with Gasteiger partial charge in [0.1, 0.15) is 22.5 Å². The van der Waals surface area contributed by atoms with Gasteiger partial charge in [-0.2, -0.15) is 0 Å². The first-order valence-corrected chi connectivity index (χ1v) is 7.46. The summed E-state index contributed by atoms with van der Waals surface area (Å²) in [5, 5.41) is 3.90. The van der Waals surface area contributed by atoms with E-state index >= 15 is 0 Å². The van der Waals surface area contributed by atoms with Gasteiger partial charge in [-0.1, -0.05) is 23.7 Å². The molecule has 0 saturated heterocycles. The van der Waals surface area contributed by atoms with Crippen molar-refractivity contribution >= 4 is 17.4 Å². The molecule has 1 fully saturated rings. The first-order chi connectivity index (χ1) is 10.2. The van der Waals surface area contributed by atoms with E-state index in [1.54, 1.807) is 7.11 Å². The molecule has 0 radical (unpaired) electrons.